The standard InChI is InChI=1S/C17H21BrO2/c1-20-16-6-15(19)13(5-14(16)18)17-7-10-2-11(8-17)4-12(3-10)9-17/h5-6,10-12,19H,2-4,7-9H2,1H3. The number of benzene rings is 1. The van der Waals surface area contributed by atoms with E-state index in [2.05, 4.69) is 22.0 Å². The maximum Gasteiger partial charge on any atom is 0.136 e. The fourth-order valence-corrected chi connectivity index (χ4v) is 6.07. The van der Waals surface area contributed by atoms with Gasteiger partial charge < -0.3 is 9.84 Å². The van der Waals surface area contributed by atoms with Crippen molar-refractivity contribution in [1.29, 1.82) is 0 Å². The van der Waals surface area contributed by atoms with Crippen LogP contribution < -0.4 is 4.74 Å². The molecule has 4 saturated carbocycles. The van der Waals surface area contributed by atoms with Crippen molar-refractivity contribution in [3.63, 3.8) is 0 Å². The molecule has 0 radical (unpaired) electrons. The highest BCUT2D eigenvalue weighted by atomic mass is 79.9. The van der Waals surface area contributed by atoms with Crippen LogP contribution in [0.1, 0.15) is 44.1 Å². The predicted molar refractivity (Wildman–Crippen MR) is 82.2 cm³/mol. The summed E-state index contributed by atoms with van der Waals surface area (Å²) in [5, 5.41) is 10.5. The molecule has 20 heavy (non-hydrogen) atoms. The third-order valence-corrected chi connectivity index (χ3v) is 6.50. The lowest BCUT2D eigenvalue weighted by atomic mass is 9.48. The molecule has 0 heterocycles. The number of aromatic hydroxyl groups is 1. The Balaban J connectivity index is 1.79. The number of methoxy groups -OCH3 is 1. The number of rotatable bonds is 2. The van der Waals surface area contributed by atoms with Crippen LogP contribution in [0.4, 0.5) is 0 Å². The average Bonchev–Trinajstić information content (AvgIpc) is 2.39. The lowest BCUT2D eigenvalue weighted by molar-refractivity contribution is -0.00618. The van der Waals surface area contributed by atoms with Crippen LogP contribution >= 0.6 is 15.9 Å². The van der Waals surface area contributed by atoms with Gasteiger partial charge in [-0.3, -0.25) is 0 Å². The first kappa shape index (κ1) is 13.0. The van der Waals surface area contributed by atoms with Crippen molar-refractivity contribution in [3.8, 4) is 11.5 Å². The monoisotopic (exact) mass is 336 g/mol. The Morgan fingerprint density at radius 2 is 1.65 bits per heavy atom. The van der Waals surface area contributed by atoms with Gasteiger partial charge in [-0.25, -0.2) is 0 Å². The summed E-state index contributed by atoms with van der Waals surface area (Å²) in [5.41, 5.74) is 1.39. The molecule has 0 aromatic heterocycles. The van der Waals surface area contributed by atoms with Crippen molar-refractivity contribution in [3.05, 3.63) is 22.2 Å². The van der Waals surface area contributed by atoms with E-state index in [0.29, 0.717) is 5.75 Å². The summed E-state index contributed by atoms with van der Waals surface area (Å²) >= 11 is 3.58. The van der Waals surface area contributed by atoms with Gasteiger partial charge in [-0.2, -0.15) is 0 Å². The minimum Gasteiger partial charge on any atom is -0.508 e. The molecule has 0 aliphatic heterocycles. The number of ether oxygens (including phenoxy) is 1. The number of hydrogen-bond donors (Lipinski definition) is 1. The third kappa shape index (κ3) is 1.82. The molecule has 4 fully saturated rings. The van der Waals surface area contributed by atoms with Crippen molar-refractivity contribution in [1.82, 2.24) is 0 Å². The van der Waals surface area contributed by atoms with Crippen LogP contribution in [0.15, 0.2) is 16.6 Å². The average molecular weight is 337 g/mol. The fourth-order valence-electron chi connectivity index (χ4n) is 5.56. The Morgan fingerprint density at radius 1 is 1.10 bits per heavy atom. The Bertz CT molecular complexity index is 517. The van der Waals surface area contributed by atoms with Gasteiger partial charge in [0.25, 0.3) is 0 Å². The molecule has 108 valence electrons. The van der Waals surface area contributed by atoms with E-state index in [1.807, 2.05) is 0 Å². The van der Waals surface area contributed by atoms with Gasteiger partial charge in [0.2, 0.25) is 0 Å². The minimum absolute atomic E-state index is 0.230. The molecule has 2 nitrogen and oxygen atoms in total. The molecule has 0 spiro atoms. The first-order chi connectivity index (χ1) is 9.59. The number of halogens is 1. The van der Waals surface area contributed by atoms with Crippen molar-refractivity contribution in [2.75, 3.05) is 7.11 Å². The molecule has 0 atom stereocenters. The van der Waals surface area contributed by atoms with Crippen LogP contribution in [-0.4, -0.2) is 12.2 Å². The second-order valence-electron chi connectivity index (χ2n) is 7.20. The van der Waals surface area contributed by atoms with E-state index in [1.54, 1.807) is 13.2 Å². The lowest BCUT2D eigenvalue weighted by Gasteiger charge is -2.57. The summed E-state index contributed by atoms with van der Waals surface area (Å²) in [4.78, 5) is 0. The molecule has 1 aromatic carbocycles. The largest absolute Gasteiger partial charge is 0.508 e. The van der Waals surface area contributed by atoms with E-state index < -0.39 is 0 Å². The topological polar surface area (TPSA) is 29.5 Å². The second kappa shape index (κ2) is 4.40. The van der Waals surface area contributed by atoms with Gasteiger partial charge in [0.15, 0.2) is 0 Å². The van der Waals surface area contributed by atoms with E-state index in [4.69, 9.17) is 4.74 Å². The first-order valence-corrected chi connectivity index (χ1v) is 8.46. The minimum atomic E-state index is 0.230. The van der Waals surface area contributed by atoms with Crippen LogP contribution in [0.25, 0.3) is 0 Å². The number of phenolic OH excluding ortho intramolecular Hbond substituents is 1. The van der Waals surface area contributed by atoms with E-state index in [9.17, 15) is 5.11 Å². The lowest BCUT2D eigenvalue weighted by Crippen LogP contribution is -2.48. The third-order valence-electron chi connectivity index (χ3n) is 5.88. The van der Waals surface area contributed by atoms with Crippen LogP contribution in [0.3, 0.4) is 0 Å². The van der Waals surface area contributed by atoms with Crippen LogP contribution in [0.2, 0.25) is 0 Å². The molecule has 1 aromatic rings. The van der Waals surface area contributed by atoms with Gasteiger partial charge in [0, 0.05) is 11.6 Å². The Hall–Kier alpha value is -0.700. The van der Waals surface area contributed by atoms with Gasteiger partial charge >= 0.3 is 0 Å². The molecular weight excluding hydrogens is 316 g/mol. The molecule has 4 aliphatic rings. The van der Waals surface area contributed by atoms with E-state index in [0.717, 1.165) is 33.5 Å². The smallest absolute Gasteiger partial charge is 0.136 e. The molecule has 5 rings (SSSR count). The summed E-state index contributed by atoms with van der Waals surface area (Å²) in [7, 11) is 1.64. The van der Waals surface area contributed by atoms with Gasteiger partial charge in [-0.05, 0) is 83.7 Å². The van der Waals surface area contributed by atoms with Crippen LogP contribution in [-0.2, 0) is 5.41 Å². The molecule has 0 amide bonds. The van der Waals surface area contributed by atoms with E-state index >= 15 is 0 Å². The zero-order valence-corrected chi connectivity index (χ0v) is 13.4. The number of hydrogen-bond acceptors (Lipinski definition) is 2. The molecule has 0 saturated heterocycles. The van der Waals surface area contributed by atoms with Crippen LogP contribution in [0.5, 0.6) is 11.5 Å². The maximum atomic E-state index is 10.5. The summed E-state index contributed by atoms with van der Waals surface area (Å²) in [6.07, 6.45) is 8.09. The molecule has 3 heteroatoms. The van der Waals surface area contributed by atoms with Gasteiger partial charge in [-0.15, -0.1) is 0 Å². The summed E-state index contributed by atoms with van der Waals surface area (Å²) in [6.45, 7) is 0. The number of phenols is 1. The van der Waals surface area contributed by atoms with Gasteiger partial charge in [-0.1, -0.05) is 0 Å². The normalized spacial score (nSPS) is 38.2. The molecule has 1 N–H and O–H groups in total. The highest BCUT2D eigenvalue weighted by molar-refractivity contribution is 9.10. The predicted octanol–water partition coefficient (Wildman–Crippen LogP) is 4.63. The second-order valence-corrected chi connectivity index (χ2v) is 8.06. The Morgan fingerprint density at radius 3 is 2.15 bits per heavy atom. The maximum absolute atomic E-state index is 10.5. The Labute approximate surface area is 128 Å². The van der Waals surface area contributed by atoms with E-state index in [-0.39, 0.29) is 5.41 Å². The molecule has 0 unspecified atom stereocenters. The molecule has 4 aliphatic carbocycles. The van der Waals surface area contributed by atoms with Crippen molar-refractivity contribution in [2.45, 2.75) is 43.9 Å². The molecular formula is C17H21BrO2. The zero-order chi connectivity index (χ0) is 13.9. The summed E-state index contributed by atoms with van der Waals surface area (Å²) < 4.78 is 6.25. The molecule has 4 bridgehead atoms. The summed E-state index contributed by atoms with van der Waals surface area (Å²) in [5.74, 6) is 3.81. The Kier molecular flexibility index (Phi) is 2.86. The van der Waals surface area contributed by atoms with Crippen LogP contribution in [0, 0.1) is 17.8 Å². The highest BCUT2D eigenvalue weighted by Gasteiger charge is 2.52. The zero-order valence-electron chi connectivity index (χ0n) is 11.9. The van der Waals surface area contributed by atoms with Crippen molar-refractivity contribution in [2.24, 2.45) is 17.8 Å². The fraction of sp³-hybridized carbons (Fsp3) is 0.647. The van der Waals surface area contributed by atoms with E-state index in [1.165, 1.54) is 38.5 Å². The van der Waals surface area contributed by atoms with Gasteiger partial charge in [0.05, 0.1) is 11.6 Å². The highest BCUT2D eigenvalue weighted by Crippen LogP contribution is 2.62. The van der Waals surface area contributed by atoms with Crippen molar-refractivity contribution < 1.29 is 9.84 Å². The quantitative estimate of drug-likeness (QED) is 0.852. The first-order valence-electron chi connectivity index (χ1n) is 7.66. The summed E-state index contributed by atoms with van der Waals surface area (Å²) in [6, 6.07) is 3.89. The van der Waals surface area contributed by atoms with Crippen molar-refractivity contribution >= 4 is 15.9 Å². The SMILES string of the molecule is COc1cc(O)c(C23CC4CC(CC(C4)C2)C3)cc1Br. The van der Waals surface area contributed by atoms with Gasteiger partial charge in [0.1, 0.15) is 11.5 Å².